The maximum absolute atomic E-state index is 6.80. The van der Waals surface area contributed by atoms with Crippen LogP contribution in [0.2, 0.25) is 0 Å². The first kappa shape index (κ1) is 35.9. The summed E-state index contributed by atoms with van der Waals surface area (Å²) in [6.07, 6.45) is 0. The van der Waals surface area contributed by atoms with Crippen LogP contribution < -0.4 is 42.4 Å². The summed E-state index contributed by atoms with van der Waals surface area (Å²) in [5, 5.41) is 2.48. The molecule has 0 amide bonds. The predicted molar refractivity (Wildman–Crippen MR) is 265 cm³/mol. The first-order valence-corrected chi connectivity index (χ1v) is 22.0. The normalized spacial score (nSPS) is 13.6. The molecular weight excluding hydrogens is 760 g/mol. The lowest BCUT2D eigenvalue weighted by molar-refractivity contribution is 0.486. The molecule has 2 nitrogen and oxygen atoms in total. The van der Waals surface area contributed by atoms with Crippen LogP contribution in [0.3, 0.4) is 0 Å². The van der Waals surface area contributed by atoms with Gasteiger partial charge < -0.3 is 9.64 Å². The Morgan fingerprint density at radius 2 is 0.857 bits per heavy atom. The highest BCUT2D eigenvalue weighted by Crippen LogP contribution is 2.48. The third kappa shape index (κ3) is 5.28. The second-order valence-corrected chi connectivity index (χ2v) is 17.1. The topological polar surface area (TPSA) is 12.5 Å². The number of fused-ring (bicyclic) bond motifs is 11. The van der Waals surface area contributed by atoms with E-state index >= 15 is 0 Å². The monoisotopic (exact) mass is 799 g/mol. The van der Waals surface area contributed by atoms with Crippen molar-refractivity contribution < 1.29 is 4.74 Å². The maximum Gasteiger partial charge on any atom is 0.251 e. The third-order valence-electron chi connectivity index (χ3n) is 13.9. The van der Waals surface area contributed by atoms with Gasteiger partial charge in [-0.2, -0.15) is 0 Å². The summed E-state index contributed by atoms with van der Waals surface area (Å²) in [5.74, 6) is 1.89. The zero-order valence-corrected chi connectivity index (χ0v) is 34.5. The van der Waals surface area contributed by atoms with Crippen LogP contribution in [0.1, 0.15) is 22.3 Å². The molecule has 3 aliphatic rings. The van der Waals surface area contributed by atoms with Crippen LogP contribution in [-0.4, -0.2) is 13.4 Å². The minimum atomic E-state index is -0.559. The van der Waals surface area contributed by atoms with Crippen LogP contribution >= 0.6 is 0 Å². The molecule has 0 bridgehead atoms. The predicted octanol–water partition coefficient (Wildman–Crippen LogP) is 10.1. The Bertz CT molecular complexity index is 3310. The Labute approximate surface area is 368 Å². The molecule has 0 aromatic heterocycles. The van der Waals surface area contributed by atoms with Crippen molar-refractivity contribution in [3.8, 4) is 22.6 Å². The van der Waals surface area contributed by atoms with E-state index < -0.39 is 5.41 Å². The number of benzene rings is 10. The average molecular weight is 800 g/mol. The fourth-order valence-corrected chi connectivity index (χ4v) is 11.5. The van der Waals surface area contributed by atoms with Gasteiger partial charge in [0.2, 0.25) is 6.71 Å². The van der Waals surface area contributed by atoms with Crippen LogP contribution in [0.4, 0.5) is 17.1 Å². The molecule has 10 aromatic rings. The van der Waals surface area contributed by atoms with Crippen LogP contribution in [-0.2, 0) is 5.41 Å². The van der Waals surface area contributed by atoms with Crippen LogP contribution in [0.25, 0.3) is 21.9 Å². The molecule has 0 radical (unpaired) electrons. The minimum Gasteiger partial charge on any atom is -0.458 e. The molecule has 3 aliphatic heterocycles. The van der Waals surface area contributed by atoms with Gasteiger partial charge in [-0.3, -0.25) is 0 Å². The van der Waals surface area contributed by atoms with E-state index in [4.69, 9.17) is 4.74 Å². The van der Waals surface area contributed by atoms with E-state index in [1.54, 1.807) is 0 Å². The second-order valence-electron chi connectivity index (χ2n) is 17.1. The van der Waals surface area contributed by atoms with Crippen molar-refractivity contribution in [1.82, 2.24) is 0 Å². The van der Waals surface area contributed by atoms with Crippen LogP contribution in [0, 0.1) is 0 Å². The van der Waals surface area contributed by atoms with Gasteiger partial charge in [-0.15, -0.1) is 0 Å². The van der Waals surface area contributed by atoms with Gasteiger partial charge in [-0.1, -0.05) is 210 Å². The summed E-state index contributed by atoms with van der Waals surface area (Å²) in [4.78, 5) is 2.32. The van der Waals surface area contributed by atoms with Gasteiger partial charge in [-0.25, -0.2) is 0 Å². The molecule has 0 N–H and O–H groups in total. The standard InChI is InChI=1S/C59H39B2NO/c1-3-19-43(20-4-1)62(44-21-5-2-6-22-44)45-36-34-40(35-37-45)47-39-42(38-41-18-7-8-23-46(41)47)60-52-28-12-9-24-48(52)59(49-25-10-13-29-53(49)60)50-26-11-14-30-54(50)61-55-31-15-16-32-56(55)63-57-33-17-27-51(59)58(57)61/h1-39H. The van der Waals surface area contributed by atoms with Crippen molar-refractivity contribution in [1.29, 1.82) is 0 Å². The fraction of sp³-hybridized carbons (Fsp3) is 0.0169. The van der Waals surface area contributed by atoms with E-state index in [0.717, 1.165) is 28.6 Å². The van der Waals surface area contributed by atoms with Gasteiger partial charge >= 0.3 is 0 Å². The smallest absolute Gasteiger partial charge is 0.251 e. The van der Waals surface area contributed by atoms with Gasteiger partial charge in [0.25, 0.3) is 6.71 Å². The fourth-order valence-electron chi connectivity index (χ4n) is 11.5. The summed E-state index contributed by atoms with van der Waals surface area (Å²) in [7, 11) is 0. The number of hydrogen-bond donors (Lipinski definition) is 0. The van der Waals surface area contributed by atoms with E-state index in [9.17, 15) is 0 Å². The minimum absolute atomic E-state index is 0.00120. The summed E-state index contributed by atoms with van der Waals surface area (Å²) in [6.45, 7) is 0.0700. The molecule has 0 saturated heterocycles. The molecule has 3 heterocycles. The molecule has 292 valence electrons. The molecule has 4 heteroatoms. The van der Waals surface area contributed by atoms with Gasteiger partial charge in [0, 0.05) is 17.1 Å². The Morgan fingerprint density at radius 3 is 1.51 bits per heavy atom. The number of nitrogens with zero attached hydrogens (tertiary/aromatic N) is 1. The highest BCUT2D eigenvalue weighted by molar-refractivity contribution is 6.99. The number of anilines is 3. The summed E-state index contributed by atoms with van der Waals surface area (Å²) in [5.41, 5.74) is 18.3. The van der Waals surface area contributed by atoms with Gasteiger partial charge in [0.1, 0.15) is 11.5 Å². The number of rotatable bonds is 5. The summed E-state index contributed by atoms with van der Waals surface area (Å²) < 4.78 is 6.80. The average Bonchev–Trinajstić information content (AvgIpc) is 3.35. The van der Waals surface area contributed by atoms with Crippen molar-refractivity contribution in [2.45, 2.75) is 5.41 Å². The third-order valence-corrected chi connectivity index (χ3v) is 13.9. The highest BCUT2D eigenvalue weighted by Gasteiger charge is 2.54. The SMILES string of the molecule is c1ccc(N(c2ccccc2)c2ccc(-c3cc(B4c5ccccc5C5(c6ccccc64)c4ccccc4B4c6ccccc6Oc6cccc5c64)cc4ccccc34)cc2)cc1. The highest BCUT2D eigenvalue weighted by atomic mass is 16.5. The lowest BCUT2D eigenvalue weighted by Crippen LogP contribution is -2.68. The number of ether oxygens (including phenoxy) is 1. The van der Waals surface area contributed by atoms with E-state index in [1.807, 2.05) is 0 Å². The van der Waals surface area contributed by atoms with Crippen molar-refractivity contribution in [2.75, 3.05) is 4.90 Å². The number of hydrogen-bond acceptors (Lipinski definition) is 2. The van der Waals surface area contributed by atoms with E-state index in [-0.39, 0.29) is 13.4 Å². The van der Waals surface area contributed by atoms with Crippen molar-refractivity contribution in [3.63, 3.8) is 0 Å². The molecule has 13 rings (SSSR count). The molecule has 0 unspecified atom stereocenters. The molecule has 1 spiro atoms. The Balaban J connectivity index is 1.01. The second kappa shape index (κ2) is 14.1. The van der Waals surface area contributed by atoms with E-state index in [1.165, 1.54) is 76.9 Å². The van der Waals surface area contributed by atoms with Crippen molar-refractivity contribution in [2.24, 2.45) is 0 Å². The Hall–Kier alpha value is -7.81. The lowest BCUT2D eigenvalue weighted by atomic mass is 9.26. The van der Waals surface area contributed by atoms with Crippen molar-refractivity contribution >= 4 is 74.0 Å². The number of para-hydroxylation sites is 3. The zero-order valence-electron chi connectivity index (χ0n) is 34.5. The Morgan fingerprint density at radius 1 is 0.365 bits per heavy atom. The first-order valence-electron chi connectivity index (χ1n) is 22.0. The maximum atomic E-state index is 6.80. The zero-order chi connectivity index (χ0) is 41.5. The molecule has 10 aromatic carbocycles. The van der Waals surface area contributed by atoms with Crippen molar-refractivity contribution in [3.05, 3.63) is 259 Å². The summed E-state index contributed by atoms with van der Waals surface area (Å²) in [6, 6.07) is 87.2. The first-order chi connectivity index (χ1) is 31.3. The molecule has 0 atom stereocenters. The van der Waals surface area contributed by atoms with Crippen LogP contribution in [0.5, 0.6) is 11.5 Å². The largest absolute Gasteiger partial charge is 0.458 e. The molecule has 0 aliphatic carbocycles. The van der Waals surface area contributed by atoms with Gasteiger partial charge in [0.15, 0.2) is 0 Å². The van der Waals surface area contributed by atoms with Crippen LogP contribution in [0.15, 0.2) is 237 Å². The van der Waals surface area contributed by atoms with E-state index in [0.29, 0.717) is 0 Å². The molecule has 0 saturated carbocycles. The molecule has 0 fully saturated rings. The lowest BCUT2D eigenvalue weighted by Gasteiger charge is -2.50. The molecular formula is C59H39B2NO. The summed E-state index contributed by atoms with van der Waals surface area (Å²) >= 11 is 0. The molecule has 63 heavy (non-hydrogen) atoms. The van der Waals surface area contributed by atoms with Gasteiger partial charge in [-0.05, 0) is 104 Å². The van der Waals surface area contributed by atoms with E-state index in [2.05, 4.69) is 241 Å². The quantitative estimate of drug-likeness (QED) is 0.161. The Kier molecular flexibility index (Phi) is 8.05. The van der Waals surface area contributed by atoms with Gasteiger partial charge in [0.05, 0.1) is 5.41 Å².